The lowest BCUT2D eigenvalue weighted by molar-refractivity contribution is -0.138. The van der Waals surface area contributed by atoms with Crippen LogP contribution in [0.2, 0.25) is 0 Å². The van der Waals surface area contributed by atoms with Gasteiger partial charge in [0.2, 0.25) is 0 Å². The molecule has 0 N–H and O–H groups in total. The first-order chi connectivity index (χ1) is 8.15. The minimum absolute atomic E-state index is 0.168. The van der Waals surface area contributed by atoms with Gasteiger partial charge >= 0.3 is 11.9 Å². The molecule has 0 rings (SSSR count). The Morgan fingerprint density at radius 2 is 1.59 bits per heavy atom. The Morgan fingerprint density at radius 3 is 2.12 bits per heavy atom. The summed E-state index contributed by atoms with van der Waals surface area (Å²) in [6, 6.07) is 0. The van der Waals surface area contributed by atoms with Crippen molar-refractivity contribution in [2.75, 3.05) is 19.8 Å². The zero-order valence-corrected chi connectivity index (χ0v) is 10.4. The highest BCUT2D eigenvalue weighted by Crippen LogP contribution is 2.02. The van der Waals surface area contributed by atoms with Crippen LogP contribution in [0, 0.1) is 0 Å². The molecule has 17 heavy (non-hydrogen) atoms. The summed E-state index contributed by atoms with van der Waals surface area (Å²) in [5.74, 6) is -1.05. The molecule has 0 aliphatic rings. The number of carbonyl (C=O) groups excluding carboxylic acids is 2. The SMILES string of the molecule is CCO/C=C(\C=C\C(=O)OCC)C(=O)OCC. The van der Waals surface area contributed by atoms with Gasteiger partial charge in [-0.25, -0.2) is 9.59 Å². The fourth-order valence-corrected chi connectivity index (χ4v) is 0.891. The Balaban J connectivity index is 4.59. The van der Waals surface area contributed by atoms with Crippen molar-refractivity contribution in [2.24, 2.45) is 0 Å². The Kier molecular flexibility index (Phi) is 8.46. The standard InChI is InChI=1S/C12H18O5/c1-4-15-9-10(12(14)17-6-3)7-8-11(13)16-5-2/h7-9H,4-6H2,1-3H3/b8-7+,10-9+. The first kappa shape index (κ1) is 15.2. The molecule has 0 saturated carbocycles. The van der Waals surface area contributed by atoms with Crippen LogP contribution in [0.25, 0.3) is 0 Å². The van der Waals surface area contributed by atoms with Crippen LogP contribution >= 0.6 is 0 Å². The Labute approximate surface area is 101 Å². The average molecular weight is 242 g/mol. The molecule has 0 radical (unpaired) electrons. The third-order valence-electron chi connectivity index (χ3n) is 1.57. The van der Waals surface area contributed by atoms with Crippen LogP contribution < -0.4 is 0 Å². The molecule has 0 aliphatic heterocycles. The van der Waals surface area contributed by atoms with Gasteiger partial charge in [-0.3, -0.25) is 0 Å². The van der Waals surface area contributed by atoms with Crippen molar-refractivity contribution >= 4 is 11.9 Å². The topological polar surface area (TPSA) is 61.8 Å². The molecule has 5 heteroatoms. The van der Waals surface area contributed by atoms with Gasteiger partial charge in [0.05, 0.1) is 31.7 Å². The van der Waals surface area contributed by atoms with Gasteiger partial charge in [0.25, 0.3) is 0 Å². The zero-order valence-electron chi connectivity index (χ0n) is 10.4. The van der Waals surface area contributed by atoms with Gasteiger partial charge in [-0.2, -0.15) is 0 Å². The van der Waals surface area contributed by atoms with Crippen LogP contribution in [0.1, 0.15) is 20.8 Å². The molecular weight excluding hydrogens is 224 g/mol. The second kappa shape index (κ2) is 9.45. The molecule has 0 atom stereocenters. The number of ether oxygens (including phenoxy) is 3. The maximum Gasteiger partial charge on any atom is 0.341 e. The number of hydrogen-bond donors (Lipinski definition) is 0. The van der Waals surface area contributed by atoms with Crippen LogP contribution in [0.4, 0.5) is 0 Å². The third-order valence-corrected chi connectivity index (χ3v) is 1.57. The van der Waals surface area contributed by atoms with Crippen molar-refractivity contribution in [1.82, 2.24) is 0 Å². The molecular formula is C12H18O5. The highest BCUT2D eigenvalue weighted by molar-refractivity contribution is 5.93. The molecule has 0 bridgehead atoms. The minimum Gasteiger partial charge on any atom is -0.501 e. The molecule has 0 aromatic heterocycles. The summed E-state index contributed by atoms with van der Waals surface area (Å²) in [4.78, 5) is 22.5. The normalized spacial score (nSPS) is 11.4. The summed E-state index contributed by atoms with van der Waals surface area (Å²) in [5.41, 5.74) is 0.168. The van der Waals surface area contributed by atoms with Crippen molar-refractivity contribution < 1.29 is 23.8 Å². The quantitative estimate of drug-likeness (QED) is 0.293. The molecule has 0 aromatic rings. The molecule has 0 heterocycles. The highest BCUT2D eigenvalue weighted by atomic mass is 16.5. The van der Waals surface area contributed by atoms with E-state index in [-0.39, 0.29) is 18.8 Å². The van der Waals surface area contributed by atoms with Gasteiger partial charge in [0, 0.05) is 6.08 Å². The Bertz CT molecular complexity index is 304. The van der Waals surface area contributed by atoms with E-state index < -0.39 is 11.9 Å². The summed E-state index contributed by atoms with van der Waals surface area (Å²) in [6.07, 6.45) is 3.73. The zero-order chi connectivity index (χ0) is 13.1. The molecule has 0 fully saturated rings. The maximum absolute atomic E-state index is 11.4. The number of rotatable bonds is 7. The smallest absolute Gasteiger partial charge is 0.341 e. The highest BCUT2D eigenvalue weighted by Gasteiger charge is 2.08. The van der Waals surface area contributed by atoms with E-state index in [1.54, 1.807) is 20.8 Å². The molecule has 0 unspecified atom stereocenters. The summed E-state index contributed by atoms with van der Waals surface area (Å²) in [6.45, 7) is 6.16. The fraction of sp³-hybridized carbons (Fsp3) is 0.500. The number of hydrogen-bond acceptors (Lipinski definition) is 5. The van der Waals surface area contributed by atoms with Gasteiger partial charge in [0.1, 0.15) is 0 Å². The van der Waals surface area contributed by atoms with Gasteiger partial charge < -0.3 is 14.2 Å². The summed E-state index contributed by atoms with van der Waals surface area (Å²) >= 11 is 0. The average Bonchev–Trinajstić information content (AvgIpc) is 2.29. The van der Waals surface area contributed by atoms with E-state index in [4.69, 9.17) is 14.2 Å². The van der Waals surface area contributed by atoms with Gasteiger partial charge in [0.15, 0.2) is 0 Å². The van der Waals surface area contributed by atoms with Crippen molar-refractivity contribution in [3.8, 4) is 0 Å². The maximum atomic E-state index is 11.4. The van der Waals surface area contributed by atoms with Crippen molar-refractivity contribution in [2.45, 2.75) is 20.8 Å². The van der Waals surface area contributed by atoms with E-state index in [1.807, 2.05) is 0 Å². The minimum atomic E-state index is -0.540. The molecule has 96 valence electrons. The summed E-state index contributed by atoms with van der Waals surface area (Å²) < 4.78 is 14.5. The van der Waals surface area contributed by atoms with E-state index in [9.17, 15) is 9.59 Å². The van der Waals surface area contributed by atoms with Crippen LogP contribution in [-0.4, -0.2) is 31.8 Å². The van der Waals surface area contributed by atoms with Crippen LogP contribution in [0.15, 0.2) is 24.0 Å². The van der Waals surface area contributed by atoms with E-state index in [0.717, 1.165) is 6.08 Å². The van der Waals surface area contributed by atoms with Crippen LogP contribution in [-0.2, 0) is 23.8 Å². The van der Waals surface area contributed by atoms with Crippen molar-refractivity contribution in [3.63, 3.8) is 0 Å². The van der Waals surface area contributed by atoms with E-state index in [2.05, 4.69) is 0 Å². The van der Waals surface area contributed by atoms with E-state index in [1.165, 1.54) is 12.3 Å². The lowest BCUT2D eigenvalue weighted by Crippen LogP contribution is -2.07. The fourth-order valence-electron chi connectivity index (χ4n) is 0.891. The first-order valence-electron chi connectivity index (χ1n) is 5.49. The second-order valence-electron chi connectivity index (χ2n) is 2.83. The molecule has 0 amide bonds. The second-order valence-corrected chi connectivity index (χ2v) is 2.83. The Morgan fingerprint density at radius 1 is 0.941 bits per heavy atom. The predicted octanol–water partition coefficient (Wildman–Crippen LogP) is 1.59. The largest absolute Gasteiger partial charge is 0.501 e. The first-order valence-corrected chi connectivity index (χ1v) is 5.49. The lowest BCUT2D eigenvalue weighted by atomic mass is 10.2. The van der Waals surface area contributed by atoms with Gasteiger partial charge in [-0.15, -0.1) is 0 Å². The van der Waals surface area contributed by atoms with Gasteiger partial charge in [-0.1, -0.05) is 0 Å². The van der Waals surface area contributed by atoms with Crippen LogP contribution in [0.5, 0.6) is 0 Å². The molecule has 0 saturated heterocycles. The monoisotopic (exact) mass is 242 g/mol. The van der Waals surface area contributed by atoms with Crippen molar-refractivity contribution in [1.29, 1.82) is 0 Å². The molecule has 5 nitrogen and oxygen atoms in total. The molecule has 0 aliphatic carbocycles. The molecule has 0 spiro atoms. The number of carbonyl (C=O) groups is 2. The lowest BCUT2D eigenvalue weighted by Gasteiger charge is -2.03. The number of esters is 2. The van der Waals surface area contributed by atoms with Crippen molar-refractivity contribution in [3.05, 3.63) is 24.0 Å². The van der Waals surface area contributed by atoms with Gasteiger partial charge in [-0.05, 0) is 26.8 Å². The molecule has 0 aromatic carbocycles. The predicted molar refractivity (Wildman–Crippen MR) is 62.1 cm³/mol. The van der Waals surface area contributed by atoms with Crippen LogP contribution in [0.3, 0.4) is 0 Å². The summed E-state index contributed by atoms with van der Waals surface area (Å²) in [5, 5.41) is 0. The third kappa shape index (κ3) is 7.16. The summed E-state index contributed by atoms with van der Waals surface area (Å²) in [7, 11) is 0. The van der Waals surface area contributed by atoms with E-state index in [0.29, 0.717) is 6.61 Å². The van der Waals surface area contributed by atoms with E-state index >= 15 is 0 Å². The Hall–Kier alpha value is -1.78.